The van der Waals surface area contributed by atoms with Gasteiger partial charge in [0.05, 0.1) is 25.5 Å². The first-order valence-corrected chi connectivity index (χ1v) is 12.3. The van der Waals surface area contributed by atoms with Crippen LogP contribution in [0.3, 0.4) is 0 Å². The Kier molecular flexibility index (Phi) is 7.70. The zero-order valence-electron chi connectivity index (χ0n) is 19.1. The standard InChI is InChI=1S/C24H28ClN5O2S/c1-16-12-17(2)23(18(3)13-16)26-22(31)15-33-24-28-27-21(14-29-8-10-32-11-9-29)30(24)20-6-4-19(25)5-7-20/h4-7,12-13H,8-11,14-15H2,1-3H3,(H,26,31). The summed E-state index contributed by atoms with van der Waals surface area (Å²) in [6.07, 6.45) is 0. The SMILES string of the molecule is Cc1cc(C)c(NC(=O)CSc2nnc(CN3CCOCC3)n2-c2ccc(Cl)cc2)c(C)c1. The summed E-state index contributed by atoms with van der Waals surface area (Å²) in [5, 5.41) is 13.3. The number of thioether (sulfide) groups is 1. The van der Waals surface area contributed by atoms with E-state index >= 15 is 0 Å². The summed E-state index contributed by atoms with van der Waals surface area (Å²) in [4.78, 5) is 15.1. The molecule has 7 nitrogen and oxygen atoms in total. The van der Waals surface area contributed by atoms with Crippen molar-refractivity contribution in [2.24, 2.45) is 0 Å². The number of amides is 1. The number of carbonyl (C=O) groups is 1. The maximum atomic E-state index is 12.8. The molecule has 1 saturated heterocycles. The van der Waals surface area contributed by atoms with Gasteiger partial charge in [0, 0.05) is 29.5 Å². The Balaban J connectivity index is 1.52. The number of halogens is 1. The van der Waals surface area contributed by atoms with E-state index in [2.05, 4.69) is 39.5 Å². The minimum Gasteiger partial charge on any atom is -0.379 e. The number of hydrogen-bond donors (Lipinski definition) is 1. The molecule has 1 fully saturated rings. The van der Waals surface area contributed by atoms with Gasteiger partial charge in [-0.2, -0.15) is 0 Å². The molecule has 1 aliphatic heterocycles. The van der Waals surface area contributed by atoms with E-state index in [1.54, 1.807) is 0 Å². The fourth-order valence-electron chi connectivity index (χ4n) is 3.99. The average molecular weight is 486 g/mol. The Morgan fingerprint density at radius 2 is 1.76 bits per heavy atom. The van der Waals surface area contributed by atoms with Crippen molar-refractivity contribution < 1.29 is 9.53 Å². The summed E-state index contributed by atoms with van der Waals surface area (Å²) < 4.78 is 7.47. The van der Waals surface area contributed by atoms with Crippen molar-refractivity contribution in [3.63, 3.8) is 0 Å². The number of rotatable bonds is 7. The summed E-state index contributed by atoms with van der Waals surface area (Å²) >= 11 is 7.47. The quantitative estimate of drug-likeness (QED) is 0.500. The minimum absolute atomic E-state index is 0.0737. The lowest BCUT2D eigenvalue weighted by Gasteiger charge is -2.26. The van der Waals surface area contributed by atoms with Gasteiger partial charge in [-0.15, -0.1) is 10.2 Å². The molecule has 3 aromatic rings. The van der Waals surface area contributed by atoms with Gasteiger partial charge in [0.15, 0.2) is 11.0 Å². The van der Waals surface area contributed by atoms with Crippen LogP contribution < -0.4 is 5.32 Å². The van der Waals surface area contributed by atoms with Crippen molar-refractivity contribution in [1.29, 1.82) is 0 Å². The number of carbonyl (C=O) groups excluding carboxylic acids is 1. The van der Waals surface area contributed by atoms with Gasteiger partial charge in [-0.1, -0.05) is 41.1 Å². The number of aromatic nitrogens is 3. The van der Waals surface area contributed by atoms with Gasteiger partial charge in [-0.05, 0) is 56.2 Å². The van der Waals surface area contributed by atoms with Crippen LogP contribution in [0.5, 0.6) is 0 Å². The number of ether oxygens (including phenoxy) is 1. The summed E-state index contributed by atoms with van der Waals surface area (Å²) in [7, 11) is 0. The molecule has 0 atom stereocenters. The second-order valence-corrected chi connectivity index (χ2v) is 9.59. The highest BCUT2D eigenvalue weighted by atomic mass is 35.5. The number of benzene rings is 2. The van der Waals surface area contributed by atoms with Crippen molar-refractivity contribution in [1.82, 2.24) is 19.7 Å². The highest BCUT2D eigenvalue weighted by Gasteiger charge is 2.20. The molecule has 0 radical (unpaired) electrons. The lowest BCUT2D eigenvalue weighted by molar-refractivity contribution is -0.113. The van der Waals surface area contributed by atoms with Gasteiger partial charge >= 0.3 is 0 Å². The molecular weight excluding hydrogens is 458 g/mol. The number of nitrogens with zero attached hydrogens (tertiary/aromatic N) is 4. The summed E-state index contributed by atoms with van der Waals surface area (Å²) in [6, 6.07) is 11.7. The number of anilines is 1. The van der Waals surface area contributed by atoms with E-state index in [0.717, 1.165) is 41.4 Å². The smallest absolute Gasteiger partial charge is 0.234 e. The highest BCUT2D eigenvalue weighted by molar-refractivity contribution is 7.99. The molecule has 0 spiro atoms. The Morgan fingerprint density at radius 1 is 1.09 bits per heavy atom. The van der Waals surface area contributed by atoms with Crippen LogP contribution in [0.2, 0.25) is 5.02 Å². The molecule has 1 amide bonds. The minimum atomic E-state index is -0.0737. The molecule has 9 heteroatoms. The first-order valence-electron chi connectivity index (χ1n) is 10.9. The van der Waals surface area contributed by atoms with Crippen LogP contribution in [0.25, 0.3) is 5.69 Å². The molecule has 0 aliphatic carbocycles. The lowest BCUT2D eigenvalue weighted by Crippen LogP contribution is -2.36. The van der Waals surface area contributed by atoms with E-state index in [4.69, 9.17) is 16.3 Å². The first-order chi connectivity index (χ1) is 15.9. The molecule has 33 heavy (non-hydrogen) atoms. The monoisotopic (exact) mass is 485 g/mol. The van der Waals surface area contributed by atoms with Gasteiger partial charge in [0.1, 0.15) is 0 Å². The third-order valence-corrected chi connectivity index (χ3v) is 6.71. The van der Waals surface area contributed by atoms with Gasteiger partial charge in [-0.25, -0.2) is 0 Å². The van der Waals surface area contributed by atoms with Gasteiger partial charge in [0.2, 0.25) is 5.91 Å². The van der Waals surface area contributed by atoms with E-state index in [0.29, 0.717) is 29.9 Å². The van der Waals surface area contributed by atoms with E-state index in [1.807, 2.05) is 42.7 Å². The fraction of sp³-hybridized carbons (Fsp3) is 0.375. The maximum Gasteiger partial charge on any atom is 0.234 e. The van der Waals surface area contributed by atoms with Crippen molar-refractivity contribution in [2.75, 3.05) is 37.4 Å². The Bertz CT molecular complexity index is 1100. The van der Waals surface area contributed by atoms with E-state index in [-0.39, 0.29) is 11.7 Å². The molecule has 1 aliphatic rings. The predicted molar refractivity (Wildman–Crippen MR) is 132 cm³/mol. The normalized spacial score (nSPS) is 14.4. The summed E-state index contributed by atoms with van der Waals surface area (Å²) in [6.45, 7) is 9.88. The second kappa shape index (κ2) is 10.7. The Morgan fingerprint density at radius 3 is 2.42 bits per heavy atom. The third kappa shape index (κ3) is 5.95. The highest BCUT2D eigenvalue weighted by Crippen LogP contribution is 2.26. The van der Waals surface area contributed by atoms with E-state index in [1.165, 1.54) is 17.3 Å². The number of nitrogens with one attached hydrogen (secondary N) is 1. The Hall–Kier alpha value is -2.39. The third-order valence-electron chi connectivity index (χ3n) is 5.53. The molecule has 0 unspecified atom stereocenters. The van der Waals surface area contributed by atoms with Crippen LogP contribution in [0.15, 0.2) is 41.6 Å². The van der Waals surface area contributed by atoms with Crippen LogP contribution in [0.4, 0.5) is 5.69 Å². The molecule has 174 valence electrons. The van der Waals surface area contributed by atoms with Gasteiger partial charge in [0.25, 0.3) is 0 Å². The van der Waals surface area contributed by atoms with Gasteiger partial charge < -0.3 is 10.1 Å². The van der Waals surface area contributed by atoms with Crippen molar-refractivity contribution in [3.05, 3.63) is 63.9 Å². The molecule has 0 bridgehead atoms. The average Bonchev–Trinajstić information content (AvgIpc) is 3.18. The van der Waals surface area contributed by atoms with E-state index < -0.39 is 0 Å². The first kappa shape index (κ1) is 23.8. The molecule has 1 N–H and O–H groups in total. The largest absolute Gasteiger partial charge is 0.379 e. The fourth-order valence-corrected chi connectivity index (χ4v) is 4.88. The van der Waals surface area contributed by atoms with E-state index in [9.17, 15) is 4.79 Å². The van der Waals surface area contributed by atoms with Gasteiger partial charge in [-0.3, -0.25) is 14.3 Å². The number of hydrogen-bond acceptors (Lipinski definition) is 6. The zero-order chi connectivity index (χ0) is 23.4. The molecule has 2 heterocycles. The van der Waals surface area contributed by atoms with Crippen LogP contribution in [-0.4, -0.2) is 57.6 Å². The van der Waals surface area contributed by atoms with Crippen LogP contribution >= 0.6 is 23.4 Å². The second-order valence-electron chi connectivity index (χ2n) is 8.21. The number of aryl methyl sites for hydroxylation is 3. The molecular formula is C24H28ClN5O2S. The Labute approximate surface area is 203 Å². The molecule has 2 aromatic carbocycles. The number of morpholine rings is 1. The van der Waals surface area contributed by atoms with Crippen molar-refractivity contribution in [2.45, 2.75) is 32.5 Å². The molecule has 0 saturated carbocycles. The van der Waals surface area contributed by atoms with Crippen LogP contribution in [0.1, 0.15) is 22.5 Å². The van der Waals surface area contributed by atoms with Crippen molar-refractivity contribution in [3.8, 4) is 5.69 Å². The summed E-state index contributed by atoms with van der Waals surface area (Å²) in [5.74, 6) is 0.985. The lowest BCUT2D eigenvalue weighted by atomic mass is 10.1. The predicted octanol–water partition coefficient (Wildman–Crippen LogP) is 4.41. The van der Waals surface area contributed by atoms with Crippen molar-refractivity contribution >= 4 is 35.0 Å². The summed E-state index contributed by atoms with van der Waals surface area (Å²) in [5.41, 5.74) is 5.09. The van der Waals surface area contributed by atoms with Crippen LogP contribution in [0, 0.1) is 20.8 Å². The molecule has 4 rings (SSSR count). The van der Waals surface area contributed by atoms with Crippen LogP contribution in [-0.2, 0) is 16.1 Å². The zero-order valence-corrected chi connectivity index (χ0v) is 20.7. The maximum absolute atomic E-state index is 12.8. The topological polar surface area (TPSA) is 72.3 Å². The molecule has 1 aromatic heterocycles.